The van der Waals surface area contributed by atoms with Gasteiger partial charge in [0.15, 0.2) is 0 Å². The van der Waals surface area contributed by atoms with Gasteiger partial charge in [0, 0.05) is 5.25 Å². The van der Waals surface area contributed by atoms with Gasteiger partial charge >= 0.3 is 5.97 Å². The van der Waals surface area contributed by atoms with E-state index in [1.54, 1.807) is 0 Å². The van der Waals surface area contributed by atoms with Crippen molar-refractivity contribution in [2.24, 2.45) is 5.41 Å². The number of hydrogen-bond acceptors (Lipinski definition) is 2. The predicted molar refractivity (Wildman–Crippen MR) is 165 cm³/mol. The summed E-state index contributed by atoms with van der Waals surface area (Å²) in [6.45, 7) is 6.79. The van der Waals surface area contributed by atoms with Crippen LogP contribution in [0.5, 0.6) is 0 Å². The van der Waals surface area contributed by atoms with E-state index in [4.69, 9.17) is 12.6 Å². The van der Waals surface area contributed by atoms with Crippen LogP contribution in [0.4, 0.5) is 0 Å². The molecular weight excluding hydrogens is 460 g/mol. The Morgan fingerprint density at radius 2 is 0.806 bits per heavy atom. The van der Waals surface area contributed by atoms with E-state index < -0.39 is 11.4 Å². The maximum atomic E-state index is 12.7. The van der Waals surface area contributed by atoms with Crippen LogP contribution in [-0.4, -0.2) is 16.3 Å². The van der Waals surface area contributed by atoms with Crippen LogP contribution in [0.25, 0.3) is 0 Å². The quantitative estimate of drug-likeness (QED) is 0.0751. The molecule has 1 N–H and O–H groups in total. The Labute approximate surface area is 233 Å². The summed E-state index contributed by atoms with van der Waals surface area (Å²) in [5.74, 6) is -0.576. The van der Waals surface area contributed by atoms with Crippen molar-refractivity contribution in [3.8, 4) is 0 Å². The smallest absolute Gasteiger partial charge is 0.310 e. The zero-order valence-electron chi connectivity index (χ0n) is 25.0. The lowest BCUT2D eigenvalue weighted by molar-refractivity contribution is -0.150. The molecule has 0 rings (SSSR count). The molecule has 0 aliphatic heterocycles. The molecule has 0 aliphatic carbocycles. The van der Waals surface area contributed by atoms with Gasteiger partial charge in [0.1, 0.15) is 0 Å². The second kappa shape index (κ2) is 26.4. The molecule has 0 bridgehead atoms. The molecule has 0 fully saturated rings. The van der Waals surface area contributed by atoms with Gasteiger partial charge < -0.3 is 5.11 Å². The van der Waals surface area contributed by atoms with Gasteiger partial charge in [-0.2, -0.15) is 12.6 Å². The average molecular weight is 527 g/mol. The molecule has 0 aromatic rings. The first-order valence-corrected chi connectivity index (χ1v) is 17.0. The third-order valence-electron chi connectivity index (χ3n) is 8.35. The largest absolute Gasteiger partial charge is 0.481 e. The van der Waals surface area contributed by atoms with E-state index >= 15 is 0 Å². The molecule has 0 aromatic carbocycles. The maximum Gasteiger partial charge on any atom is 0.310 e. The third-order valence-corrected chi connectivity index (χ3v) is 9.10. The van der Waals surface area contributed by atoms with E-state index in [0.29, 0.717) is 0 Å². The summed E-state index contributed by atoms with van der Waals surface area (Å²) in [6, 6.07) is 0. The average Bonchev–Trinajstić information content (AvgIpc) is 2.87. The number of carboxylic acids is 1. The standard InChI is InChI=1S/C33H66O2S/c1-4-7-10-13-16-19-22-25-28-31(36)33(32(34)35,29-26-23-20-17-14-11-8-5-2)30-27-24-21-18-15-12-9-6-3/h31,36H,4-30H2,1-3H3,(H,34,35). The number of unbranched alkanes of at least 4 members (excludes halogenated alkanes) is 21. The van der Waals surface area contributed by atoms with E-state index in [9.17, 15) is 9.90 Å². The maximum absolute atomic E-state index is 12.7. The van der Waals surface area contributed by atoms with Crippen LogP contribution in [0, 0.1) is 5.41 Å². The molecule has 0 radical (unpaired) electrons. The lowest BCUT2D eigenvalue weighted by Crippen LogP contribution is -2.40. The molecular formula is C33H66O2S. The molecule has 0 heterocycles. The third kappa shape index (κ3) is 19.0. The van der Waals surface area contributed by atoms with Crippen molar-refractivity contribution in [1.29, 1.82) is 0 Å². The summed E-state index contributed by atoms with van der Waals surface area (Å²) in [6.07, 6.45) is 33.2. The first-order valence-electron chi connectivity index (χ1n) is 16.5. The fourth-order valence-electron chi connectivity index (χ4n) is 5.71. The molecule has 0 aliphatic rings. The van der Waals surface area contributed by atoms with Crippen LogP contribution in [-0.2, 0) is 4.79 Å². The Bertz CT molecular complexity index is 445. The van der Waals surface area contributed by atoms with Crippen LogP contribution in [0.3, 0.4) is 0 Å². The monoisotopic (exact) mass is 526 g/mol. The van der Waals surface area contributed by atoms with Gasteiger partial charge in [0.05, 0.1) is 5.41 Å². The van der Waals surface area contributed by atoms with Gasteiger partial charge in [0.2, 0.25) is 0 Å². The summed E-state index contributed by atoms with van der Waals surface area (Å²) in [5.41, 5.74) is -0.630. The van der Waals surface area contributed by atoms with Crippen molar-refractivity contribution in [3.05, 3.63) is 0 Å². The summed E-state index contributed by atoms with van der Waals surface area (Å²) in [4.78, 5) is 12.7. The molecule has 3 heteroatoms. The van der Waals surface area contributed by atoms with Crippen molar-refractivity contribution < 1.29 is 9.90 Å². The zero-order valence-corrected chi connectivity index (χ0v) is 25.9. The minimum atomic E-state index is -0.630. The number of rotatable bonds is 29. The van der Waals surface area contributed by atoms with Crippen molar-refractivity contribution >= 4 is 18.6 Å². The van der Waals surface area contributed by atoms with Crippen LogP contribution in [0.15, 0.2) is 0 Å². The predicted octanol–water partition coefficient (Wildman–Crippen LogP) is 11.9. The van der Waals surface area contributed by atoms with E-state index in [0.717, 1.165) is 38.5 Å². The first-order chi connectivity index (χ1) is 17.5. The highest BCUT2D eigenvalue weighted by Crippen LogP contribution is 2.41. The van der Waals surface area contributed by atoms with Crippen molar-refractivity contribution in [2.45, 2.75) is 199 Å². The number of hydrogen-bond donors (Lipinski definition) is 2. The van der Waals surface area contributed by atoms with Gasteiger partial charge in [-0.1, -0.05) is 175 Å². The molecule has 1 atom stereocenters. The lowest BCUT2D eigenvalue weighted by Gasteiger charge is -2.35. The van der Waals surface area contributed by atoms with E-state index in [1.807, 2.05) is 0 Å². The van der Waals surface area contributed by atoms with Crippen LogP contribution < -0.4 is 0 Å². The normalized spacial score (nSPS) is 12.8. The summed E-state index contributed by atoms with van der Waals surface area (Å²) in [7, 11) is 0. The van der Waals surface area contributed by atoms with Gasteiger partial charge in [-0.15, -0.1) is 0 Å². The number of thiol groups is 1. The van der Waals surface area contributed by atoms with Gasteiger partial charge in [-0.25, -0.2) is 0 Å². The highest BCUT2D eigenvalue weighted by Gasteiger charge is 2.42. The molecule has 0 saturated carbocycles. The fourth-order valence-corrected chi connectivity index (χ4v) is 6.26. The Kier molecular flexibility index (Phi) is 26.3. The molecule has 216 valence electrons. The van der Waals surface area contributed by atoms with E-state index in [2.05, 4.69) is 20.8 Å². The number of aliphatic carboxylic acids is 1. The van der Waals surface area contributed by atoms with E-state index in [-0.39, 0.29) is 5.25 Å². The lowest BCUT2D eigenvalue weighted by atomic mass is 9.73. The molecule has 0 aromatic heterocycles. The highest BCUT2D eigenvalue weighted by atomic mass is 32.1. The van der Waals surface area contributed by atoms with Crippen molar-refractivity contribution in [1.82, 2.24) is 0 Å². The summed E-state index contributed by atoms with van der Waals surface area (Å²) >= 11 is 5.00. The van der Waals surface area contributed by atoms with Gasteiger partial charge in [0.25, 0.3) is 0 Å². The van der Waals surface area contributed by atoms with Gasteiger partial charge in [-0.3, -0.25) is 4.79 Å². The van der Waals surface area contributed by atoms with Crippen LogP contribution in [0.1, 0.15) is 194 Å². The minimum absolute atomic E-state index is 0.0100. The molecule has 0 amide bonds. The molecule has 0 saturated heterocycles. The highest BCUT2D eigenvalue weighted by molar-refractivity contribution is 7.81. The topological polar surface area (TPSA) is 37.3 Å². The Morgan fingerprint density at radius 1 is 0.528 bits per heavy atom. The van der Waals surface area contributed by atoms with Gasteiger partial charge in [-0.05, 0) is 19.3 Å². The van der Waals surface area contributed by atoms with Crippen LogP contribution >= 0.6 is 12.6 Å². The van der Waals surface area contributed by atoms with Crippen LogP contribution in [0.2, 0.25) is 0 Å². The number of carboxylic acid groups (broad SMARTS) is 1. The minimum Gasteiger partial charge on any atom is -0.481 e. The zero-order chi connectivity index (χ0) is 26.7. The van der Waals surface area contributed by atoms with Crippen molar-refractivity contribution in [2.75, 3.05) is 0 Å². The Hall–Kier alpha value is -0.180. The Morgan fingerprint density at radius 3 is 1.11 bits per heavy atom. The second-order valence-corrected chi connectivity index (χ2v) is 12.3. The van der Waals surface area contributed by atoms with Crippen molar-refractivity contribution in [3.63, 3.8) is 0 Å². The molecule has 0 spiro atoms. The summed E-state index contributed by atoms with van der Waals surface area (Å²) < 4.78 is 0. The molecule has 36 heavy (non-hydrogen) atoms. The second-order valence-electron chi connectivity index (χ2n) is 11.7. The van der Waals surface area contributed by atoms with E-state index in [1.165, 1.54) is 135 Å². The Balaban J connectivity index is 4.63. The fraction of sp³-hybridized carbons (Fsp3) is 0.970. The molecule has 1 unspecified atom stereocenters. The number of carbonyl (C=O) groups is 1. The SMILES string of the molecule is CCCCCCCCCCC(S)C(CCCCCCCCCC)(CCCCCCCCCC)C(=O)O. The summed E-state index contributed by atoms with van der Waals surface area (Å²) in [5, 5.41) is 10.5. The molecule has 2 nitrogen and oxygen atoms in total. The first kappa shape index (κ1) is 35.8.